The lowest BCUT2D eigenvalue weighted by atomic mass is 10.2. The van der Waals surface area contributed by atoms with Crippen molar-refractivity contribution in [3.63, 3.8) is 0 Å². The zero-order chi connectivity index (χ0) is 11.3. The number of ether oxygens (including phenoxy) is 1. The molecule has 0 aliphatic carbocycles. The van der Waals surface area contributed by atoms with Crippen LogP contribution in [0.4, 0.5) is 5.69 Å². The number of methoxy groups -OCH3 is 1. The van der Waals surface area contributed by atoms with Crippen LogP contribution in [0.25, 0.3) is 0 Å². The molecule has 0 aliphatic rings. The first kappa shape index (κ1) is 11.9. The van der Waals surface area contributed by atoms with Gasteiger partial charge in [-0.3, -0.25) is 0 Å². The van der Waals surface area contributed by atoms with Gasteiger partial charge in [-0.05, 0) is 37.4 Å². The molecule has 1 unspecified atom stereocenters. The Balaban J connectivity index is 2.60. The highest BCUT2D eigenvalue weighted by molar-refractivity contribution is 7.98. The molecule has 0 bridgehead atoms. The van der Waals surface area contributed by atoms with Gasteiger partial charge in [0.15, 0.2) is 0 Å². The van der Waals surface area contributed by atoms with Gasteiger partial charge in [0.1, 0.15) is 6.04 Å². The Kier molecular flexibility index (Phi) is 4.49. The fourth-order valence-electron chi connectivity index (χ4n) is 1.17. The normalized spacial score (nSPS) is 11.9. The van der Waals surface area contributed by atoms with E-state index in [9.17, 15) is 4.79 Å². The van der Waals surface area contributed by atoms with E-state index < -0.39 is 0 Å². The third-order valence-electron chi connectivity index (χ3n) is 2.03. The number of hydrogen-bond acceptors (Lipinski definition) is 4. The summed E-state index contributed by atoms with van der Waals surface area (Å²) < 4.78 is 4.62. The highest BCUT2D eigenvalue weighted by Crippen LogP contribution is 2.17. The first-order valence-electron chi connectivity index (χ1n) is 4.65. The molecule has 1 aromatic carbocycles. The van der Waals surface area contributed by atoms with Crippen LogP contribution in [-0.2, 0) is 9.53 Å². The molecule has 0 aromatic heterocycles. The third-order valence-corrected chi connectivity index (χ3v) is 2.77. The Morgan fingerprint density at radius 1 is 1.40 bits per heavy atom. The lowest BCUT2D eigenvalue weighted by Gasteiger charge is -2.12. The molecule has 0 amide bonds. The minimum atomic E-state index is -0.324. The molecule has 0 saturated carbocycles. The van der Waals surface area contributed by atoms with Gasteiger partial charge in [-0.25, -0.2) is 4.79 Å². The Morgan fingerprint density at radius 2 is 2.00 bits per heavy atom. The average Bonchev–Trinajstić information content (AvgIpc) is 2.29. The van der Waals surface area contributed by atoms with Gasteiger partial charge in [-0.15, -0.1) is 11.8 Å². The summed E-state index contributed by atoms with van der Waals surface area (Å²) in [6.45, 7) is 1.77. The molecule has 0 radical (unpaired) electrons. The minimum absolute atomic E-state index is 0.260. The number of benzene rings is 1. The topological polar surface area (TPSA) is 38.3 Å². The van der Waals surface area contributed by atoms with Gasteiger partial charge in [0.05, 0.1) is 7.11 Å². The number of hydrogen-bond donors (Lipinski definition) is 1. The van der Waals surface area contributed by atoms with Crippen LogP contribution < -0.4 is 5.32 Å². The minimum Gasteiger partial charge on any atom is -0.467 e. The van der Waals surface area contributed by atoms with Gasteiger partial charge in [0.2, 0.25) is 0 Å². The number of anilines is 1. The second-order valence-corrected chi connectivity index (χ2v) is 4.00. The van der Waals surface area contributed by atoms with E-state index in [4.69, 9.17) is 0 Å². The monoisotopic (exact) mass is 225 g/mol. The van der Waals surface area contributed by atoms with Crippen LogP contribution in [0.3, 0.4) is 0 Å². The van der Waals surface area contributed by atoms with Gasteiger partial charge in [0, 0.05) is 10.6 Å². The van der Waals surface area contributed by atoms with E-state index in [-0.39, 0.29) is 12.0 Å². The maximum absolute atomic E-state index is 11.2. The van der Waals surface area contributed by atoms with Crippen LogP contribution in [0.5, 0.6) is 0 Å². The molecular weight excluding hydrogens is 210 g/mol. The summed E-state index contributed by atoms with van der Waals surface area (Å²) in [7, 11) is 1.39. The fourth-order valence-corrected chi connectivity index (χ4v) is 1.58. The number of thioether (sulfide) groups is 1. The molecule has 1 atom stereocenters. The largest absolute Gasteiger partial charge is 0.467 e. The number of nitrogens with one attached hydrogen (secondary N) is 1. The Labute approximate surface area is 94.2 Å². The van der Waals surface area contributed by atoms with Crippen molar-refractivity contribution < 1.29 is 9.53 Å². The van der Waals surface area contributed by atoms with Crippen molar-refractivity contribution in [3.05, 3.63) is 24.3 Å². The highest BCUT2D eigenvalue weighted by atomic mass is 32.2. The molecule has 1 N–H and O–H groups in total. The van der Waals surface area contributed by atoms with E-state index in [2.05, 4.69) is 10.1 Å². The van der Waals surface area contributed by atoms with Crippen molar-refractivity contribution in [3.8, 4) is 0 Å². The van der Waals surface area contributed by atoms with Crippen molar-refractivity contribution in [2.45, 2.75) is 17.9 Å². The van der Waals surface area contributed by atoms with Crippen LogP contribution >= 0.6 is 11.8 Å². The van der Waals surface area contributed by atoms with Gasteiger partial charge >= 0.3 is 5.97 Å². The van der Waals surface area contributed by atoms with E-state index in [1.165, 1.54) is 12.0 Å². The molecule has 1 rings (SSSR count). The van der Waals surface area contributed by atoms with Gasteiger partial charge in [-0.1, -0.05) is 0 Å². The first-order valence-corrected chi connectivity index (χ1v) is 5.88. The lowest BCUT2D eigenvalue weighted by Crippen LogP contribution is -2.27. The maximum atomic E-state index is 11.2. The fraction of sp³-hybridized carbons (Fsp3) is 0.364. The zero-order valence-corrected chi connectivity index (χ0v) is 9.93. The van der Waals surface area contributed by atoms with Crippen LogP contribution in [0.1, 0.15) is 6.92 Å². The molecule has 0 fully saturated rings. The highest BCUT2D eigenvalue weighted by Gasteiger charge is 2.11. The van der Waals surface area contributed by atoms with Crippen LogP contribution in [0.2, 0.25) is 0 Å². The molecule has 4 heteroatoms. The summed E-state index contributed by atoms with van der Waals surface area (Å²) in [5, 5.41) is 3.06. The zero-order valence-electron chi connectivity index (χ0n) is 9.11. The Bertz CT molecular complexity index is 324. The lowest BCUT2D eigenvalue weighted by molar-refractivity contribution is -0.141. The number of esters is 1. The second-order valence-electron chi connectivity index (χ2n) is 3.12. The van der Waals surface area contributed by atoms with Gasteiger partial charge in [-0.2, -0.15) is 0 Å². The van der Waals surface area contributed by atoms with E-state index in [0.29, 0.717) is 0 Å². The Morgan fingerprint density at radius 3 is 2.47 bits per heavy atom. The molecule has 0 heterocycles. The molecule has 0 spiro atoms. The van der Waals surface area contributed by atoms with Gasteiger partial charge in [0.25, 0.3) is 0 Å². The number of carbonyl (C=O) groups is 1. The summed E-state index contributed by atoms with van der Waals surface area (Å²) in [6.07, 6.45) is 2.03. The summed E-state index contributed by atoms with van der Waals surface area (Å²) in [5.41, 5.74) is 0.922. The second kappa shape index (κ2) is 5.66. The molecular formula is C11H15NO2S. The predicted molar refractivity (Wildman–Crippen MR) is 63.3 cm³/mol. The summed E-state index contributed by atoms with van der Waals surface area (Å²) in [5.74, 6) is -0.260. The average molecular weight is 225 g/mol. The van der Waals surface area contributed by atoms with Crippen molar-refractivity contribution in [1.29, 1.82) is 0 Å². The molecule has 82 valence electrons. The Hall–Kier alpha value is -1.16. The molecule has 0 aliphatic heterocycles. The van der Waals surface area contributed by atoms with E-state index in [0.717, 1.165) is 5.69 Å². The van der Waals surface area contributed by atoms with Crippen molar-refractivity contribution in [1.82, 2.24) is 0 Å². The summed E-state index contributed by atoms with van der Waals surface area (Å²) in [4.78, 5) is 12.4. The van der Waals surface area contributed by atoms with Crippen molar-refractivity contribution in [2.75, 3.05) is 18.7 Å². The first-order chi connectivity index (χ1) is 7.17. The third kappa shape index (κ3) is 3.47. The van der Waals surface area contributed by atoms with E-state index >= 15 is 0 Å². The SMILES string of the molecule is COC(=O)C(C)Nc1ccc(SC)cc1. The summed E-state index contributed by atoms with van der Waals surface area (Å²) >= 11 is 1.69. The van der Waals surface area contributed by atoms with Crippen molar-refractivity contribution >= 4 is 23.4 Å². The molecule has 15 heavy (non-hydrogen) atoms. The number of rotatable bonds is 4. The van der Waals surface area contributed by atoms with E-state index in [1.807, 2.05) is 30.5 Å². The smallest absolute Gasteiger partial charge is 0.327 e. The molecule has 1 aromatic rings. The summed E-state index contributed by atoms with van der Waals surface area (Å²) in [6, 6.07) is 7.60. The molecule has 3 nitrogen and oxygen atoms in total. The maximum Gasteiger partial charge on any atom is 0.327 e. The quantitative estimate of drug-likeness (QED) is 0.630. The van der Waals surface area contributed by atoms with Crippen LogP contribution in [0, 0.1) is 0 Å². The van der Waals surface area contributed by atoms with Crippen LogP contribution in [-0.4, -0.2) is 25.4 Å². The standard InChI is InChI=1S/C11H15NO2S/c1-8(11(13)14-2)12-9-4-6-10(15-3)7-5-9/h4-8,12H,1-3H3. The van der Waals surface area contributed by atoms with Crippen molar-refractivity contribution in [2.24, 2.45) is 0 Å². The predicted octanol–water partition coefficient (Wildman–Crippen LogP) is 2.38. The van der Waals surface area contributed by atoms with Crippen LogP contribution in [0.15, 0.2) is 29.2 Å². The van der Waals surface area contributed by atoms with E-state index in [1.54, 1.807) is 18.7 Å². The molecule has 0 saturated heterocycles. The van der Waals surface area contributed by atoms with Gasteiger partial charge < -0.3 is 10.1 Å². The number of carbonyl (C=O) groups excluding carboxylic acids is 1.